The van der Waals surface area contributed by atoms with Crippen LogP contribution in [0, 0.1) is 0 Å². The molecule has 0 fully saturated rings. The maximum absolute atomic E-state index is 12.3. The van der Waals surface area contributed by atoms with E-state index in [1.165, 1.54) is 5.56 Å². The molecule has 0 spiro atoms. The quantitative estimate of drug-likeness (QED) is 0.792. The molecule has 1 aliphatic rings. The van der Waals surface area contributed by atoms with Crippen LogP contribution in [0.15, 0.2) is 24.3 Å². The van der Waals surface area contributed by atoms with E-state index < -0.39 is 0 Å². The molecule has 4 heteroatoms. The van der Waals surface area contributed by atoms with Crippen LogP contribution in [0.5, 0.6) is 0 Å². The van der Waals surface area contributed by atoms with Gasteiger partial charge in [-0.1, -0.05) is 18.2 Å². The molecule has 0 saturated heterocycles. The van der Waals surface area contributed by atoms with Gasteiger partial charge in [-0.3, -0.25) is 4.79 Å². The zero-order valence-corrected chi connectivity index (χ0v) is 11.7. The molecule has 1 atom stereocenters. The number of amides is 1. The van der Waals surface area contributed by atoms with Crippen LogP contribution >= 0.6 is 0 Å². The Morgan fingerprint density at radius 2 is 2.26 bits per heavy atom. The van der Waals surface area contributed by atoms with E-state index in [4.69, 9.17) is 4.74 Å². The Labute approximate surface area is 114 Å². The SMILES string of the molecule is COCCCNCC(=O)N1c2ccccc2CC1C. The summed E-state index contributed by atoms with van der Waals surface area (Å²) in [5.41, 5.74) is 2.33. The van der Waals surface area contributed by atoms with Crippen molar-refractivity contribution in [3.05, 3.63) is 29.8 Å². The first kappa shape index (κ1) is 14.0. The van der Waals surface area contributed by atoms with Gasteiger partial charge < -0.3 is 15.0 Å². The van der Waals surface area contributed by atoms with Crippen LogP contribution in [0.4, 0.5) is 5.69 Å². The summed E-state index contributed by atoms with van der Waals surface area (Å²) in [6.07, 6.45) is 1.88. The molecular formula is C15H22N2O2. The summed E-state index contributed by atoms with van der Waals surface area (Å²) >= 11 is 0. The fraction of sp³-hybridized carbons (Fsp3) is 0.533. The lowest BCUT2D eigenvalue weighted by Gasteiger charge is -2.23. The van der Waals surface area contributed by atoms with Crippen LogP contribution in [-0.4, -0.2) is 38.8 Å². The molecule has 19 heavy (non-hydrogen) atoms. The first-order valence-corrected chi connectivity index (χ1v) is 6.83. The van der Waals surface area contributed by atoms with Crippen LogP contribution in [0.1, 0.15) is 18.9 Å². The van der Waals surface area contributed by atoms with E-state index >= 15 is 0 Å². The maximum Gasteiger partial charge on any atom is 0.241 e. The summed E-state index contributed by atoms with van der Waals surface area (Å²) < 4.78 is 4.98. The van der Waals surface area contributed by atoms with Gasteiger partial charge in [0, 0.05) is 25.4 Å². The lowest BCUT2D eigenvalue weighted by Crippen LogP contribution is -2.41. The van der Waals surface area contributed by atoms with Gasteiger partial charge in [-0.15, -0.1) is 0 Å². The van der Waals surface area contributed by atoms with E-state index in [9.17, 15) is 4.79 Å². The van der Waals surface area contributed by atoms with Crippen molar-refractivity contribution in [2.75, 3.05) is 31.7 Å². The van der Waals surface area contributed by atoms with Gasteiger partial charge in [-0.05, 0) is 37.9 Å². The van der Waals surface area contributed by atoms with Crippen molar-refractivity contribution in [2.45, 2.75) is 25.8 Å². The Hall–Kier alpha value is -1.39. The molecule has 1 aromatic rings. The molecule has 1 unspecified atom stereocenters. The van der Waals surface area contributed by atoms with Crippen molar-refractivity contribution in [2.24, 2.45) is 0 Å². The predicted octanol–water partition coefficient (Wildman–Crippen LogP) is 1.59. The molecule has 2 rings (SSSR count). The van der Waals surface area contributed by atoms with Gasteiger partial charge in [-0.25, -0.2) is 0 Å². The van der Waals surface area contributed by atoms with Crippen LogP contribution in [-0.2, 0) is 16.0 Å². The second-order valence-corrected chi connectivity index (χ2v) is 4.97. The first-order valence-electron chi connectivity index (χ1n) is 6.83. The molecule has 1 heterocycles. The minimum absolute atomic E-state index is 0.148. The maximum atomic E-state index is 12.3. The van der Waals surface area contributed by atoms with E-state index in [0.717, 1.165) is 31.7 Å². The average Bonchev–Trinajstić information content (AvgIpc) is 2.74. The van der Waals surface area contributed by atoms with Gasteiger partial charge in [0.15, 0.2) is 0 Å². The van der Waals surface area contributed by atoms with Crippen molar-refractivity contribution < 1.29 is 9.53 Å². The third-order valence-corrected chi connectivity index (χ3v) is 3.45. The minimum atomic E-state index is 0.148. The first-order chi connectivity index (χ1) is 9.24. The van der Waals surface area contributed by atoms with Crippen molar-refractivity contribution >= 4 is 11.6 Å². The average molecular weight is 262 g/mol. The summed E-state index contributed by atoms with van der Waals surface area (Å²) in [6, 6.07) is 8.41. The fourth-order valence-electron chi connectivity index (χ4n) is 2.57. The molecule has 0 radical (unpaired) electrons. The molecule has 1 aliphatic heterocycles. The van der Waals surface area contributed by atoms with E-state index in [1.807, 2.05) is 23.1 Å². The van der Waals surface area contributed by atoms with Gasteiger partial charge in [0.1, 0.15) is 0 Å². The molecule has 4 nitrogen and oxygen atoms in total. The fourth-order valence-corrected chi connectivity index (χ4v) is 2.57. The Balaban J connectivity index is 1.89. The van der Waals surface area contributed by atoms with Crippen LogP contribution in [0.25, 0.3) is 0 Å². The highest BCUT2D eigenvalue weighted by molar-refractivity contribution is 5.97. The van der Waals surface area contributed by atoms with Gasteiger partial charge in [0.05, 0.1) is 6.54 Å². The number of hydrogen-bond acceptors (Lipinski definition) is 3. The highest BCUT2D eigenvalue weighted by Crippen LogP contribution is 2.31. The molecule has 0 bridgehead atoms. The number of carbonyl (C=O) groups excluding carboxylic acids is 1. The molecule has 1 amide bonds. The van der Waals surface area contributed by atoms with Crippen molar-refractivity contribution in [3.63, 3.8) is 0 Å². The molecule has 104 valence electrons. The van der Waals surface area contributed by atoms with Crippen LogP contribution in [0.3, 0.4) is 0 Å². The third kappa shape index (κ3) is 3.33. The van der Waals surface area contributed by atoms with E-state index in [2.05, 4.69) is 18.3 Å². The molecule has 1 N–H and O–H groups in total. The largest absolute Gasteiger partial charge is 0.385 e. The lowest BCUT2D eigenvalue weighted by atomic mass is 10.1. The summed E-state index contributed by atoms with van der Waals surface area (Å²) in [7, 11) is 1.69. The number of nitrogens with zero attached hydrogens (tertiary/aromatic N) is 1. The molecule has 0 aromatic heterocycles. The van der Waals surface area contributed by atoms with E-state index in [0.29, 0.717) is 6.54 Å². The van der Waals surface area contributed by atoms with Crippen molar-refractivity contribution in [1.82, 2.24) is 5.32 Å². The number of benzene rings is 1. The second kappa shape index (κ2) is 6.68. The smallest absolute Gasteiger partial charge is 0.241 e. The lowest BCUT2D eigenvalue weighted by molar-refractivity contribution is -0.118. The number of carbonyl (C=O) groups is 1. The van der Waals surface area contributed by atoms with Crippen molar-refractivity contribution in [1.29, 1.82) is 0 Å². The van der Waals surface area contributed by atoms with Crippen molar-refractivity contribution in [3.8, 4) is 0 Å². The number of hydrogen-bond donors (Lipinski definition) is 1. The van der Waals surface area contributed by atoms with Crippen LogP contribution < -0.4 is 10.2 Å². The third-order valence-electron chi connectivity index (χ3n) is 3.45. The summed E-state index contributed by atoms with van der Waals surface area (Å²) in [5, 5.41) is 3.18. The summed E-state index contributed by atoms with van der Waals surface area (Å²) in [6.45, 7) is 4.03. The monoisotopic (exact) mass is 262 g/mol. The normalized spacial score (nSPS) is 17.6. The van der Waals surface area contributed by atoms with Gasteiger partial charge in [0.2, 0.25) is 5.91 Å². The van der Waals surface area contributed by atoms with E-state index in [-0.39, 0.29) is 11.9 Å². The number of ether oxygens (including phenoxy) is 1. The number of anilines is 1. The highest BCUT2D eigenvalue weighted by atomic mass is 16.5. The molecular weight excluding hydrogens is 240 g/mol. The zero-order chi connectivity index (χ0) is 13.7. The summed E-state index contributed by atoms with van der Waals surface area (Å²) in [5.74, 6) is 0.148. The Kier molecular flexibility index (Phi) is 4.93. The highest BCUT2D eigenvalue weighted by Gasteiger charge is 2.29. The number of rotatable bonds is 6. The topological polar surface area (TPSA) is 41.6 Å². The van der Waals surface area contributed by atoms with Gasteiger partial charge >= 0.3 is 0 Å². The van der Waals surface area contributed by atoms with E-state index in [1.54, 1.807) is 7.11 Å². The number of methoxy groups -OCH3 is 1. The van der Waals surface area contributed by atoms with Gasteiger partial charge in [-0.2, -0.15) is 0 Å². The number of para-hydroxylation sites is 1. The minimum Gasteiger partial charge on any atom is -0.385 e. The molecule has 0 saturated carbocycles. The summed E-state index contributed by atoms with van der Waals surface area (Å²) in [4.78, 5) is 14.2. The van der Waals surface area contributed by atoms with Gasteiger partial charge in [0.25, 0.3) is 0 Å². The Morgan fingerprint density at radius 1 is 1.47 bits per heavy atom. The predicted molar refractivity (Wildman–Crippen MR) is 76.5 cm³/mol. The Morgan fingerprint density at radius 3 is 3.05 bits per heavy atom. The van der Waals surface area contributed by atoms with Crippen LogP contribution in [0.2, 0.25) is 0 Å². The second-order valence-electron chi connectivity index (χ2n) is 4.97. The number of fused-ring (bicyclic) bond motifs is 1. The molecule has 0 aliphatic carbocycles. The Bertz CT molecular complexity index is 434. The number of nitrogens with one attached hydrogen (secondary N) is 1. The zero-order valence-electron chi connectivity index (χ0n) is 11.7. The molecule has 1 aromatic carbocycles. The standard InChI is InChI=1S/C15H22N2O2/c1-12-10-13-6-3-4-7-14(13)17(12)15(18)11-16-8-5-9-19-2/h3-4,6-7,12,16H,5,8-11H2,1-2H3.